The van der Waals surface area contributed by atoms with Gasteiger partial charge in [0.1, 0.15) is 0 Å². The summed E-state index contributed by atoms with van der Waals surface area (Å²) in [5.41, 5.74) is 1.21. The molecule has 0 heterocycles. The van der Waals surface area contributed by atoms with Gasteiger partial charge in [-0.05, 0) is 30.5 Å². The summed E-state index contributed by atoms with van der Waals surface area (Å²) in [5, 5.41) is 5.43. The molecule has 4 heteroatoms. The third kappa shape index (κ3) is 6.12. The zero-order valence-corrected chi connectivity index (χ0v) is 11.5. The highest BCUT2D eigenvalue weighted by molar-refractivity contribution is 9.10. The van der Waals surface area contributed by atoms with E-state index in [1.54, 1.807) is 6.20 Å². The van der Waals surface area contributed by atoms with Gasteiger partial charge in [0, 0.05) is 17.2 Å². The number of amides is 2. The largest absolute Gasteiger partial charge is 0.338 e. The van der Waals surface area contributed by atoms with Gasteiger partial charge in [-0.15, -0.1) is 0 Å². The van der Waals surface area contributed by atoms with Crippen LogP contribution in [-0.2, 0) is 6.42 Å². The fourth-order valence-corrected chi connectivity index (χ4v) is 1.54. The lowest BCUT2D eigenvalue weighted by Crippen LogP contribution is -2.33. The van der Waals surface area contributed by atoms with E-state index in [2.05, 4.69) is 26.6 Å². The summed E-state index contributed by atoms with van der Waals surface area (Å²) in [6, 6.07) is 7.92. The van der Waals surface area contributed by atoms with E-state index in [9.17, 15) is 4.79 Å². The molecule has 1 aromatic carbocycles. The van der Waals surface area contributed by atoms with E-state index in [4.69, 9.17) is 0 Å². The highest BCUT2D eigenvalue weighted by atomic mass is 79.9. The number of allylic oxidation sites excluding steroid dienone is 1. The van der Waals surface area contributed by atoms with Crippen molar-refractivity contribution in [1.29, 1.82) is 0 Å². The lowest BCUT2D eigenvalue weighted by molar-refractivity contribution is 0.244. The molecule has 17 heavy (non-hydrogen) atoms. The zero-order chi connectivity index (χ0) is 12.5. The molecule has 92 valence electrons. The standard InChI is InChI=1S/C13H17BrN2O/c1-2-3-9-15-13(17)16-10-8-11-4-6-12(14)7-5-11/h3-7,9H,2,8,10H2,1H3,(H2,15,16,17)/b9-3+. The van der Waals surface area contributed by atoms with Gasteiger partial charge in [0.05, 0.1) is 0 Å². The lowest BCUT2D eigenvalue weighted by Gasteiger charge is -2.04. The molecule has 0 radical (unpaired) electrons. The Hall–Kier alpha value is -1.29. The van der Waals surface area contributed by atoms with Crippen LogP contribution in [0.4, 0.5) is 4.79 Å². The Bertz CT molecular complexity index is 374. The molecule has 0 atom stereocenters. The van der Waals surface area contributed by atoms with Crippen molar-refractivity contribution in [3.8, 4) is 0 Å². The quantitative estimate of drug-likeness (QED) is 0.861. The maximum atomic E-state index is 11.3. The van der Waals surface area contributed by atoms with Gasteiger partial charge in [0.25, 0.3) is 0 Å². The van der Waals surface area contributed by atoms with Crippen LogP contribution in [0.3, 0.4) is 0 Å². The molecule has 1 rings (SSSR count). The van der Waals surface area contributed by atoms with E-state index in [0.717, 1.165) is 17.3 Å². The minimum absolute atomic E-state index is 0.160. The van der Waals surface area contributed by atoms with Gasteiger partial charge in [-0.2, -0.15) is 0 Å². The Labute approximate surface area is 110 Å². The smallest absolute Gasteiger partial charge is 0.318 e. The monoisotopic (exact) mass is 296 g/mol. The molecule has 0 aromatic heterocycles. The minimum Gasteiger partial charge on any atom is -0.338 e. The average Bonchev–Trinajstić information content (AvgIpc) is 2.32. The van der Waals surface area contributed by atoms with Gasteiger partial charge < -0.3 is 10.6 Å². The molecule has 0 spiro atoms. The molecule has 0 fully saturated rings. The van der Waals surface area contributed by atoms with Crippen LogP contribution in [0.15, 0.2) is 41.0 Å². The van der Waals surface area contributed by atoms with Crippen molar-refractivity contribution in [3.63, 3.8) is 0 Å². The third-order valence-corrected chi connectivity index (χ3v) is 2.71. The van der Waals surface area contributed by atoms with Crippen molar-refractivity contribution in [3.05, 3.63) is 46.6 Å². The van der Waals surface area contributed by atoms with Crippen LogP contribution in [0.2, 0.25) is 0 Å². The van der Waals surface area contributed by atoms with Crippen LogP contribution in [0, 0.1) is 0 Å². The number of hydrogen-bond donors (Lipinski definition) is 2. The molecule has 0 aliphatic heterocycles. The van der Waals surface area contributed by atoms with E-state index in [0.29, 0.717) is 6.54 Å². The first-order valence-corrected chi connectivity index (χ1v) is 6.45. The number of rotatable bonds is 5. The highest BCUT2D eigenvalue weighted by Crippen LogP contribution is 2.10. The Balaban J connectivity index is 2.21. The molecule has 0 aliphatic carbocycles. The number of benzene rings is 1. The molecule has 3 nitrogen and oxygen atoms in total. The Morgan fingerprint density at radius 3 is 2.71 bits per heavy atom. The molecular weight excluding hydrogens is 280 g/mol. The maximum Gasteiger partial charge on any atom is 0.318 e. The summed E-state index contributed by atoms with van der Waals surface area (Å²) < 4.78 is 1.07. The van der Waals surface area contributed by atoms with E-state index in [-0.39, 0.29) is 6.03 Å². The molecule has 2 amide bonds. The van der Waals surface area contributed by atoms with E-state index < -0.39 is 0 Å². The molecule has 2 N–H and O–H groups in total. The summed E-state index contributed by atoms with van der Waals surface area (Å²) >= 11 is 3.38. The summed E-state index contributed by atoms with van der Waals surface area (Å²) in [4.78, 5) is 11.3. The summed E-state index contributed by atoms with van der Waals surface area (Å²) in [5.74, 6) is 0. The van der Waals surface area contributed by atoms with E-state index in [1.165, 1.54) is 5.56 Å². The normalized spacial score (nSPS) is 10.5. The number of halogens is 1. The Morgan fingerprint density at radius 2 is 2.06 bits per heavy atom. The number of hydrogen-bond acceptors (Lipinski definition) is 1. The number of urea groups is 1. The van der Waals surface area contributed by atoms with Crippen LogP contribution in [0.5, 0.6) is 0 Å². The summed E-state index contributed by atoms with van der Waals surface area (Å²) in [6.07, 6.45) is 5.31. The van der Waals surface area contributed by atoms with Gasteiger partial charge >= 0.3 is 6.03 Å². The van der Waals surface area contributed by atoms with Gasteiger partial charge in [0.2, 0.25) is 0 Å². The number of carbonyl (C=O) groups excluding carboxylic acids is 1. The molecule has 0 bridgehead atoms. The predicted octanol–water partition coefficient (Wildman–Crippen LogP) is 3.21. The molecule has 0 aliphatic rings. The topological polar surface area (TPSA) is 41.1 Å². The highest BCUT2D eigenvalue weighted by Gasteiger charge is 1.97. The number of carbonyl (C=O) groups is 1. The minimum atomic E-state index is -0.160. The Morgan fingerprint density at radius 1 is 1.35 bits per heavy atom. The maximum absolute atomic E-state index is 11.3. The molecule has 0 unspecified atom stereocenters. The SMILES string of the molecule is CC/C=C/NC(=O)NCCc1ccc(Br)cc1. The first-order chi connectivity index (χ1) is 8.22. The van der Waals surface area contributed by atoms with Crippen LogP contribution < -0.4 is 10.6 Å². The van der Waals surface area contributed by atoms with Gasteiger partial charge in [-0.3, -0.25) is 0 Å². The van der Waals surface area contributed by atoms with Crippen LogP contribution >= 0.6 is 15.9 Å². The zero-order valence-electron chi connectivity index (χ0n) is 9.87. The van der Waals surface area contributed by atoms with Gasteiger partial charge in [-0.1, -0.05) is 41.1 Å². The predicted molar refractivity (Wildman–Crippen MR) is 73.8 cm³/mol. The molecular formula is C13H17BrN2O. The van der Waals surface area contributed by atoms with Crippen molar-refractivity contribution in [2.45, 2.75) is 19.8 Å². The number of nitrogens with one attached hydrogen (secondary N) is 2. The van der Waals surface area contributed by atoms with Gasteiger partial charge in [0.15, 0.2) is 0 Å². The van der Waals surface area contributed by atoms with Gasteiger partial charge in [-0.25, -0.2) is 4.79 Å². The molecule has 1 aromatic rings. The first-order valence-electron chi connectivity index (χ1n) is 5.66. The average molecular weight is 297 g/mol. The van der Waals surface area contributed by atoms with Crippen LogP contribution in [0.25, 0.3) is 0 Å². The van der Waals surface area contributed by atoms with E-state index in [1.807, 2.05) is 37.3 Å². The summed E-state index contributed by atoms with van der Waals surface area (Å²) in [7, 11) is 0. The van der Waals surface area contributed by atoms with Crippen molar-refractivity contribution in [1.82, 2.24) is 10.6 Å². The molecule has 0 saturated heterocycles. The van der Waals surface area contributed by atoms with Crippen LogP contribution in [0.1, 0.15) is 18.9 Å². The van der Waals surface area contributed by atoms with Crippen molar-refractivity contribution in [2.24, 2.45) is 0 Å². The fraction of sp³-hybridized carbons (Fsp3) is 0.308. The second kappa shape index (κ2) is 7.90. The van der Waals surface area contributed by atoms with Crippen molar-refractivity contribution >= 4 is 22.0 Å². The van der Waals surface area contributed by atoms with Crippen molar-refractivity contribution < 1.29 is 4.79 Å². The second-order valence-electron chi connectivity index (χ2n) is 3.59. The third-order valence-electron chi connectivity index (χ3n) is 2.18. The first kappa shape index (κ1) is 13.8. The van der Waals surface area contributed by atoms with Crippen LogP contribution in [-0.4, -0.2) is 12.6 Å². The van der Waals surface area contributed by atoms with E-state index >= 15 is 0 Å². The summed E-state index contributed by atoms with van der Waals surface area (Å²) in [6.45, 7) is 2.65. The second-order valence-corrected chi connectivity index (χ2v) is 4.50. The Kier molecular flexibility index (Phi) is 6.40. The fourth-order valence-electron chi connectivity index (χ4n) is 1.27. The van der Waals surface area contributed by atoms with Crippen molar-refractivity contribution in [2.75, 3.05) is 6.54 Å². The molecule has 0 saturated carbocycles. The lowest BCUT2D eigenvalue weighted by atomic mass is 10.1.